The van der Waals surface area contributed by atoms with E-state index in [-0.39, 0.29) is 18.7 Å². The van der Waals surface area contributed by atoms with Crippen LogP contribution in [-0.2, 0) is 21.5 Å². The molecule has 1 unspecified atom stereocenters. The zero-order valence-corrected chi connectivity index (χ0v) is 16.0. The zero-order chi connectivity index (χ0) is 21.2. The lowest BCUT2D eigenvalue weighted by molar-refractivity contribution is -0.176. The van der Waals surface area contributed by atoms with Gasteiger partial charge in [0.2, 0.25) is 5.91 Å². The van der Waals surface area contributed by atoms with E-state index in [0.29, 0.717) is 22.5 Å². The quantitative estimate of drug-likeness (QED) is 0.422. The van der Waals surface area contributed by atoms with Gasteiger partial charge in [-0.05, 0) is 29.5 Å². The van der Waals surface area contributed by atoms with Crippen molar-refractivity contribution < 1.29 is 22.8 Å². The topological polar surface area (TPSA) is 108 Å². The third-order valence-electron chi connectivity index (χ3n) is 4.92. The smallest absolute Gasteiger partial charge is 0.384 e. The van der Waals surface area contributed by atoms with E-state index in [1.54, 1.807) is 41.8 Å². The van der Waals surface area contributed by atoms with E-state index >= 15 is 0 Å². The number of amidine groups is 1. The highest BCUT2D eigenvalue weighted by Gasteiger charge is 2.52. The molecule has 0 saturated carbocycles. The molecular weight excluding hydrogens is 405 g/mol. The second-order valence-corrected chi connectivity index (χ2v) is 7.77. The summed E-state index contributed by atoms with van der Waals surface area (Å²) in [6, 6.07) is 9.76. The Bertz CT molecular complexity index is 930. The first-order valence-corrected chi connectivity index (χ1v) is 9.66. The Morgan fingerprint density at radius 2 is 2.07 bits per heavy atom. The Morgan fingerprint density at radius 3 is 2.62 bits per heavy atom. The lowest BCUT2D eigenvalue weighted by Crippen LogP contribution is -2.57. The summed E-state index contributed by atoms with van der Waals surface area (Å²) in [5, 5.41) is 14.1. The van der Waals surface area contributed by atoms with E-state index in [1.165, 1.54) is 11.3 Å². The fourth-order valence-electron chi connectivity index (χ4n) is 3.62. The van der Waals surface area contributed by atoms with Crippen LogP contribution < -0.4 is 16.4 Å². The Morgan fingerprint density at radius 1 is 1.31 bits per heavy atom. The molecule has 0 aliphatic carbocycles. The van der Waals surface area contributed by atoms with Gasteiger partial charge < -0.3 is 16.4 Å². The average molecular weight is 424 g/mol. The highest BCUT2D eigenvalue weighted by atomic mass is 32.1. The molecule has 2 aromatic rings. The minimum Gasteiger partial charge on any atom is -0.384 e. The first kappa shape index (κ1) is 20.8. The molecule has 0 spiro atoms. The summed E-state index contributed by atoms with van der Waals surface area (Å²) in [6.45, 7) is 0.312. The Kier molecular flexibility index (Phi) is 5.65. The molecule has 3 rings (SSSR count). The molecule has 1 fully saturated rings. The zero-order valence-electron chi connectivity index (χ0n) is 15.2. The highest BCUT2D eigenvalue weighted by molar-refractivity contribution is 7.10. The van der Waals surface area contributed by atoms with E-state index < -0.39 is 29.4 Å². The van der Waals surface area contributed by atoms with Crippen LogP contribution >= 0.6 is 11.3 Å². The predicted molar refractivity (Wildman–Crippen MR) is 102 cm³/mol. The summed E-state index contributed by atoms with van der Waals surface area (Å²) in [7, 11) is 0. The third kappa shape index (κ3) is 4.26. The summed E-state index contributed by atoms with van der Waals surface area (Å²) < 4.78 is 39.5. The van der Waals surface area contributed by atoms with Crippen LogP contribution in [0.15, 0.2) is 41.8 Å². The first-order valence-electron chi connectivity index (χ1n) is 8.78. The molecular formula is C19H19F3N4O2S. The van der Waals surface area contributed by atoms with Crippen molar-refractivity contribution in [2.75, 3.05) is 6.54 Å². The van der Waals surface area contributed by atoms with Gasteiger partial charge in [-0.15, -0.1) is 11.3 Å². The Hall–Kier alpha value is -2.88. The molecule has 10 heteroatoms. The van der Waals surface area contributed by atoms with Gasteiger partial charge in [0.15, 0.2) is 0 Å². The standard InChI is InChI=1S/C19H19F3N4O2S/c20-19(21,22)17(28)26-18(14-5-2-8-29-14,13-6-7-25-16(13)27)10-11-3-1-4-12(9-11)15(23)24/h1-5,8-9,13H,6-7,10H2,(H3,23,24)(H,25,27)(H,26,28)/t13-,18?/m1/s1. The van der Waals surface area contributed by atoms with Crippen molar-refractivity contribution in [3.63, 3.8) is 0 Å². The second kappa shape index (κ2) is 7.86. The molecule has 2 heterocycles. The largest absolute Gasteiger partial charge is 0.471 e. The summed E-state index contributed by atoms with van der Waals surface area (Å²) in [4.78, 5) is 25.0. The summed E-state index contributed by atoms with van der Waals surface area (Å²) in [5.41, 5.74) is 4.89. The van der Waals surface area contributed by atoms with Crippen molar-refractivity contribution in [1.82, 2.24) is 10.6 Å². The van der Waals surface area contributed by atoms with Crippen LogP contribution in [0.1, 0.15) is 22.4 Å². The van der Waals surface area contributed by atoms with Gasteiger partial charge in [-0.2, -0.15) is 13.2 Å². The van der Waals surface area contributed by atoms with E-state index in [0.717, 1.165) is 0 Å². The van der Waals surface area contributed by atoms with Crippen molar-refractivity contribution in [3.8, 4) is 0 Å². The number of amides is 2. The number of nitrogen functional groups attached to an aromatic ring is 1. The molecule has 2 atom stereocenters. The Balaban J connectivity index is 2.13. The van der Waals surface area contributed by atoms with Gasteiger partial charge in [-0.25, -0.2) is 0 Å². The number of carbonyl (C=O) groups is 2. The van der Waals surface area contributed by atoms with Gasteiger partial charge in [0.05, 0.1) is 11.5 Å². The fraction of sp³-hybridized carbons (Fsp3) is 0.316. The van der Waals surface area contributed by atoms with E-state index in [4.69, 9.17) is 11.1 Å². The van der Waals surface area contributed by atoms with Gasteiger partial charge in [0.25, 0.3) is 0 Å². The molecule has 154 valence electrons. The number of nitrogens with two attached hydrogens (primary N) is 1. The molecule has 1 aromatic carbocycles. The maximum absolute atomic E-state index is 13.2. The minimum atomic E-state index is -5.10. The fourth-order valence-corrected chi connectivity index (χ4v) is 4.55. The van der Waals surface area contributed by atoms with Crippen molar-refractivity contribution in [1.29, 1.82) is 5.41 Å². The molecule has 1 saturated heterocycles. The molecule has 0 bridgehead atoms. The highest BCUT2D eigenvalue weighted by Crippen LogP contribution is 2.40. The van der Waals surface area contributed by atoms with Crippen molar-refractivity contribution in [3.05, 3.63) is 57.8 Å². The summed E-state index contributed by atoms with van der Waals surface area (Å²) >= 11 is 1.17. The first-order chi connectivity index (χ1) is 13.6. The number of hydrogen-bond donors (Lipinski definition) is 4. The van der Waals surface area contributed by atoms with Crippen LogP contribution in [-0.4, -0.2) is 30.4 Å². The molecule has 0 radical (unpaired) electrons. The SMILES string of the molecule is N=C(N)c1cccc(CC(NC(=O)C(F)(F)F)(c2cccs2)[C@@H]2CCNC2=O)c1. The number of benzene rings is 1. The van der Waals surface area contributed by atoms with E-state index in [2.05, 4.69) is 10.6 Å². The van der Waals surface area contributed by atoms with Gasteiger partial charge >= 0.3 is 12.1 Å². The lowest BCUT2D eigenvalue weighted by atomic mass is 9.76. The maximum Gasteiger partial charge on any atom is 0.471 e. The normalized spacial score (nSPS) is 18.7. The van der Waals surface area contributed by atoms with Crippen LogP contribution in [0, 0.1) is 11.3 Å². The minimum absolute atomic E-state index is 0.0610. The molecule has 1 aliphatic rings. The van der Waals surface area contributed by atoms with Gasteiger partial charge in [-0.3, -0.25) is 15.0 Å². The number of hydrogen-bond acceptors (Lipinski definition) is 4. The molecule has 6 nitrogen and oxygen atoms in total. The number of nitrogens with one attached hydrogen (secondary N) is 3. The van der Waals surface area contributed by atoms with Crippen LogP contribution in [0.3, 0.4) is 0 Å². The maximum atomic E-state index is 13.2. The molecule has 29 heavy (non-hydrogen) atoms. The molecule has 1 aromatic heterocycles. The van der Waals surface area contributed by atoms with Crippen molar-refractivity contribution >= 4 is 29.0 Å². The predicted octanol–water partition coefficient (Wildman–Crippen LogP) is 2.28. The van der Waals surface area contributed by atoms with Crippen molar-refractivity contribution in [2.45, 2.75) is 24.6 Å². The van der Waals surface area contributed by atoms with Crippen molar-refractivity contribution in [2.24, 2.45) is 11.7 Å². The summed E-state index contributed by atoms with van der Waals surface area (Å²) in [5.74, 6) is -3.59. The van der Waals surface area contributed by atoms with Crippen LogP contribution in [0.4, 0.5) is 13.2 Å². The number of halogens is 3. The molecule has 5 N–H and O–H groups in total. The number of carbonyl (C=O) groups excluding carboxylic acids is 2. The lowest BCUT2D eigenvalue weighted by Gasteiger charge is -2.38. The Labute approximate surface area is 168 Å². The summed E-state index contributed by atoms with van der Waals surface area (Å²) in [6.07, 6.45) is -4.88. The van der Waals surface area contributed by atoms with Crippen LogP contribution in [0.5, 0.6) is 0 Å². The van der Waals surface area contributed by atoms with Crippen LogP contribution in [0.25, 0.3) is 0 Å². The number of rotatable bonds is 6. The van der Waals surface area contributed by atoms with Gasteiger partial charge in [0, 0.05) is 23.4 Å². The number of alkyl halides is 3. The van der Waals surface area contributed by atoms with Crippen LogP contribution in [0.2, 0.25) is 0 Å². The number of thiophene rings is 1. The molecule has 1 aliphatic heterocycles. The monoisotopic (exact) mass is 424 g/mol. The van der Waals surface area contributed by atoms with Gasteiger partial charge in [-0.1, -0.05) is 24.3 Å². The van der Waals surface area contributed by atoms with E-state index in [1.807, 2.05) is 0 Å². The second-order valence-electron chi connectivity index (χ2n) is 6.82. The van der Waals surface area contributed by atoms with Gasteiger partial charge in [0.1, 0.15) is 5.84 Å². The third-order valence-corrected chi connectivity index (χ3v) is 5.97. The molecule has 2 amide bonds. The van der Waals surface area contributed by atoms with E-state index in [9.17, 15) is 22.8 Å². The average Bonchev–Trinajstić information content (AvgIpc) is 3.32.